The molecule has 1 aliphatic heterocycles. The number of nitrogens with zero attached hydrogens (tertiary/aromatic N) is 3. The molecule has 0 unspecified atom stereocenters. The van der Waals surface area contributed by atoms with Gasteiger partial charge in [-0.3, -0.25) is 4.79 Å². The molecule has 6 heteroatoms. The Morgan fingerprint density at radius 3 is 2.94 bits per heavy atom. The maximum Gasteiger partial charge on any atom is 0.323 e. The van der Waals surface area contributed by atoms with E-state index >= 15 is 0 Å². The van der Waals surface area contributed by atoms with E-state index in [2.05, 4.69) is 9.97 Å². The van der Waals surface area contributed by atoms with Gasteiger partial charge in [0, 0.05) is 11.6 Å². The van der Waals surface area contributed by atoms with Crippen molar-refractivity contribution in [2.45, 2.75) is 33.1 Å². The van der Waals surface area contributed by atoms with E-state index in [0.29, 0.717) is 19.0 Å². The number of ether oxygens (including phenoxy) is 1. The molecule has 0 fully saturated rings. The monoisotopic (exact) mass is 237 g/mol. The number of anilines is 1. The standard InChI is InChI=1S/C11H15N3O3/c1-7(2)14(3-10(15)16)11-8-4-17-5-9(8)12-6-13-11/h6-7H,3-5H2,1-2H3,(H,15,16). The second-order valence-electron chi connectivity index (χ2n) is 4.23. The highest BCUT2D eigenvalue weighted by Crippen LogP contribution is 2.27. The van der Waals surface area contributed by atoms with Crippen LogP contribution in [0.15, 0.2) is 6.33 Å². The highest BCUT2D eigenvalue weighted by atomic mass is 16.5. The Hall–Kier alpha value is -1.69. The Morgan fingerprint density at radius 2 is 2.29 bits per heavy atom. The minimum Gasteiger partial charge on any atom is -0.480 e. The first-order valence-corrected chi connectivity index (χ1v) is 5.48. The van der Waals surface area contributed by atoms with Crippen LogP contribution in [-0.2, 0) is 22.7 Å². The summed E-state index contributed by atoms with van der Waals surface area (Å²) >= 11 is 0. The lowest BCUT2D eigenvalue weighted by molar-refractivity contribution is -0.135. The average molecular weight is 237 g/mol. The molecule has 0 bridgehead atoms. The first-order valence-electron chi connectivity index (χ1n) is 5.48. The molecule has 6 nitrogen and oxygen atoms in total. The van der Waals surface area contributed by atoms with Crippen LogP contribution in [0.4, 0.5) is 5.82 Å². The van der Waals surface area contributed by atoms with Gasteiger partial charge in [0.15, 0.2) is 0 Å². The van der Waals surface area contributed by atoms with Crippen molar-refractivity contribution in [3.63, 3.8) is 0 Å². The van der Waals surface area contributed by atoms with Gasteiger partial charge >= 0.3 is 5.97 Å². The SMILES string of the molecule is CC(C)N(CC(=O)O)c1ncnc2c1COC2. The first-order chi connectivity index (χ1) is 8.09. The van der Waals surface area contributed by atoms with Gasteiger partial charge in [0.05, 0.1) is 18.9 Å². The molecule has 1 aliphatic rings. The van der Waals surface area contributed by atoms with Crippen molar-refractivity contribution in [3.8, 4) is 0 Å². The summed E-state index contributed by atoms with van der Waals surface area (Å²) in [7, 11) is 0. The fourth-order valence-corrected chi connectivity index (χ4v) is 1.86. The van der Waals surface area contributed by atoms with E-state index in [-0.39, 0.29) is 12.6 Å². The molecular weight excluding hydrogens is 222 g/mol. The molecule has 1 N–H and O–H groups in total. The Kier molecular flexibility index (Phi) is 3.23. The molecule has 2 rings (SSSR count). The number of fused-ring (bicyclic) bond motifs is 1. The lowest BCUT2D eigenvalue weighted by Gasteiger charge is -2.27. The normalized spacial score (nSPS) is 13.8. The second kappa shape index (κ2) is 4.67. The maximum atomic E-state index is 10.9. The van der Waals surface area contributed by atoms with E-state index in [1.807, 2.05) is 13.8 Å². The van der Waals surface area contributed by atoms with Crippen LogP contribution in [-0.4, -0.2) is 33.6 Å². The third-order valence-electron chi connectivity index (χ3n) is 2.70. The zero-order valence-corrected chi connectivity index (χ0v) is 9.88. The van der Waals surface area contributed by atoms with Crippen molar-refractivity contribution in [1.82, 2.24) is 9.97 Å². The molecule has 1 aromatic heterocycles. The molecule has 0 saturated heterocycles. The number of aliphatic carboxylic acids is 1. The van der Waals surface area contributed by atoms with Crippen LogP contribution in [0.2, 0.25) is 0 Å². The lowest BCUT2D eigenvalue weighted by Crippen LogP contribution is -2.37. The lowest BCUT2D eigenvalue weighted by atomic mass is 10.2. The summed E-state index contributed by atoms with van der Waals surface area (Å²) < 4.78 is 5.31. The van der Waals surface area contributed by atoms with Crippen molar-refractivity contribution in [1.29, 1.82) is 0 Å². The molecule has 92 valence electrons. The Balaban J connectivity index is 2.36. The van der Waals surface area contributed by atoms with Gasteiger partial charge < -0.3 is 14.7 Å². The van der Waals surface area contributed by atoms with Crippen LogP contribution in [0.1, 0.15) is 25.1 Å². The van der Waals surface area contributed by atoms with Crippen molar-refractivity contribution >= 4 is 11.8 Å². The van der Waals surface area contributed by atoms with E-state index in [1.54, 1.807) is 4.90 Å². The van der Waals surface area contributed by atoms with Crippen molar-refractivity contribution in [2.75, 3.05) is 11.4 Å². The fraction of sp³-hybridized carbons (Fsp3) is 0.545. The highest BCUT2D eigenvalue weighted by molar-refractivity contribution is 5.74. The predicted octanol–water partition coefficient (Wildman–Crippen LogP) is 0.806. The van der Waals surface area contributed by atoms with Crippen LogP contribution in [0, 0.1) is 0 Å². The number of carboxylic acids is 1. The zero-order valence-electron chi connectivity index (χ0n) is 9.88. The molecule has 0 aliphatic carbocycles. The molecule has 0 spiro atoms. The van der Waals surface area contributed by atoms with Crippen LogP contribution in [0.3, 0.4) is 0 Å². The summed E-state index contributed by atoms with van der Waals surface area (Å²) in [4.78, 5) is 20.9. The molecule has 0 aromatic carbocycles. The molecule has 1 aromatic rings. The summed E-state index contributed by atoms with van der Waals surface area (Å²) in [6.07, 6.45) is 1.46. The quantitative estimate of drug-likeness (QED) is 0.835. The second-order valence-corrected chi connectivity index (χ2v) is 4.23. The number of rotatable bonds is 4. The topological polar surface area (TPSA) is 75.6 Å². The minimum atomic E-state index is -0.870. The van der Waals surface area contributed by atoms with Crippen LogP contribution in [0.5, 0.6) is 0 Å². The van der Waals surface area contributed by atoms with Gasteiger partial charge in [-0.1, -0.05) is 0 Å². The van der Waals surface area contributed by atoms with E-state index in [9.17, 15) is 4.79 Å². The van der Waals surface area contributed by atoms with Gasteiger partial charge in [-0.2, -0.15) is 0 Å². The van der Waals surface area contributed by atoms with Gasteiger partial charge in [-0.25, -0.2) is 9.97 Å². The number of hydrogen-bond donors (Lipinski definition) is 1. The van der Waals surface area contributed by atoms with E-state index in [4.69, 9.17) is 9.84 Å². The van der Waals surface area contributed by atoms with E-state index < -0.39 is 5.97 Å². The molecule has 2 heterocycles. The zero-order chi connectivity index (χ0) is 12.4. The molecular formula is C11H15N3O3. The molecule has 0 saturated carbocycles. The summed E-state index contributed by atoms with van der Waals surface area (Å²) in [6, 6.07) is 0.0608. The molecule has 0 atom stereocenters. The number of hydrogen-bond acceptors (Lipinski definition) is 5. The van der Waals surface area contributed by atoms with Crippen LogP contribution < -0.4 is 4.90 Å². The summed E-state index contributed by atoms with van der Waals surface area (Å²) in [6.45, 7) is 4.74. The number of aromatic nitrogens is 2. The summed E-state index contributed by atoms with van der Waals surface area (Å²) in [5.41, 5.74) is 1.76. The average Bonchev–Trinajstić information content (AvgIpc) is 2.73. The highest BCUT2D eigenvalue weighted by Gasteiger charge is 2.24. The Bertz CT molecular complexity index is 434. The van der Waals surface area contributed by atoms with Crippen molar-refractivity contribution < 1.29 is 14.6 Å². The molecule has 0 amide bonds. The van der Waals surface area contributed by atoms with Crippen LogP contribution in [0.25, 0.3) is 0 Å². The van der Waals surface area contributed by atoms with Crippen LogP contribution >= 0.6 is 0 Å². The molecule has 0 radical (unpaired) electrons. The van der Waals surface area contributed by atoms with Crippen molar-refractivity contribution in [2.24, 2.45) is 0 Å². The predicted molar refractivity (Wildman–Crippen MR) is 60.6 cm³/mol. The van der Waals surface area contributed by atoms with Crippen molar-refractivity contribution in [3.05, 3.63) is 17.6 Å². The van der Waals surface area contributed by atoms with Gasteiger partial charge in [0.2, 0.25) is 0 Å². The smallest absolute Gasteiger partial charge is 0.323 e. The van der Waals surface area contributed by atoms with E-state index in [0.717, 1.165) is 11.3 Å². The van der Waals surface area contributed by atoms with Gasteiger partial charge in [0.25, 0.3) is 0 Å². The van der Waals surface area contributed by atoms with E-state index in [1.165, 1.54) is 6.33 Å². The first kappa shape index (κ1) is 11.8. The van der Waals surface area contributed by atoms with Gasteiger partial charge in [-0.05, 0) is 13.8 Å². The third kappa shape index (κ3) is 2.36. The summed E-state index contributed by atoms with van der Waals surface area (Å²) in [5, 5.41) is 8.93. The third-order valence-corrected chi connectivity index (χ3v) is 2.70. The fourth-order valence-electron chi connectivity index (χ4n) is 1.86. The molecule has 17 heavy (non-hydrogen) atoms. The Morgan fingerprint density at radius 1 is 1.53 bits per heavy atom. The Labute approximate surface area is 99.2 Å². The summed E-state index contributed by atoms with van der Waals surface area (Å²) in [5.74, 6) is -0.199. The number of carboxylic acid groups (broad SMARTS) is 1. The van der Waals surface area contributed by atoms with Gasteiger partial charge in [0.1, 0.15) is 18.7 Å². The minimum absolute atomic E-state index is 0.0608. The van der Waals surface area contributed by atoms with Gasteiger partial charge in [-0.15, -0.1) is 0 Å². The largest absolute Gasteiger partial charge is 0.480 e. The number of carbonyl (C=O) groups is 1. The maximum absolute atomic E-state index is 10.9.